The van der Waals surface area contributed by atoms with Crippen LogP contribution >= 0.6 is 12.2 Å². The monoisotopic (exact) mass is 261 g/mol. The highest BCUT2D eigenvalue weighted by Gasteiger charge is 2.17. The molecule has 2 N–H and O–H groups in total. The Morgan fingerprint density at radius 3 is 2.61 bits per heavy atom. The number of nitrogens with two attached hydrogens (primary N) is 1. The van der Waals surface area contributed by atoms with Gasteiger partial charge in [-0.2, -0.15) is 0 Å². The third-order valence-electron chi connectivity index (χ3n) is 3.35. The van der Waals surface area contributed by atoms with E-state index in [1.165, 1.54) is 0 Å². The highest BCUT2D eigenvalue weighted by Crippen LogP contribution is 2.26. The van der Waals surface area contributed by atoms with E-state index in [4.69, 9.17) is 22.9 Å². The molecule has 1 aromatic carbocycles. The summed E-state index contributed by atoms with van der Waals surface area (Å²) >= 11 is 5.05. The molecule has 0 aliphatic heterocycles. The van der Waals surface area contributed by atoms with Gasteiger partial charge in [0, 0.05) is 5.92 Å². The molecule has 0 saturated heterocycles. The summed E-state index contributed by atoms with van der Waals surface area (Å²) in [6.45, 7) is 4.96. The minimum Gasteiger partial charge on any atom is -0.392 e. The van der Waals surface area contributed by atoms with Gasteiger partial charge in [0.1, 0.15) is 5.82 Å². The van der Waals surface area contributed by atoms with Crippen LogP contribution in [0.1, 0.15) is 38.4 Å². The lowest BCUT2D eigenvalue weighted by molar-refractivity contribution is 0.576. The Labute approximate surface area is 113 Å². The Hall–Kier alpha value is -1.42. The molecule has 0 saturated carbocycles. The number of hydrogen-bond donors (Lipinski definition) is 1. The lowest BCUT2D eigenvalue weighted by Crippen LogP contribution is -2.19. The molecule has 1 aromatic heterocycles. The summed E-state index contributed by atoms with van der Waals surface area (Å²) in [5.41, 5.74) is 7.85. The van der Waals surface area contributed by atoms with Gasteiger partial charge in [-0.3, -0.25) is 0 Å². The van der Waals surface area contributed by atoms with E-state index in [2.05, 4.69) is 24.5 Å². The van der Waals surface area contributed by atoms with E-state index < -0.39 is 0 Å². The van der Waals surface area contributed by atoms with Crippen LogP contribution in [0.15, 0.2) is 24.3 Å². The van der Waals surface area contributed by atoms with Gasteiger partial charge in [0.25, 0.3) is 0 Å². The van der Waals surface area contributed by atoms with Gasteiger partial charge in [-0.25, -0.2) is 4.98 Å². The van der Waals surface area contributed by atoms with Crippen molar-refractivity contribution in [2.24, 2.45) is 5.73 Å². The van der Waals surface area contributed by atoms with Crippen LogP contribution in [0.5, 0.6) is 0 Å². The van der Waals surface area contributed by atoms with E-state index in [9.17, 15) is 0 Å². The number of benzene rings is 1. The second kappa shape index (κ2) is 5.48. The number of nitrogens with zero attached hydrogens (tertiary/aromatic N) is 2. The zero-order valence-corrected chi connectivity index (χ0v) is 11.7. The maximum Gasteiger partial charge on any atom is 0.113 e. The first-order chi connectivity index (χ1) is 8.67. The molecule has 0 amide bonds. The number of hydrogen-bond acceptors (Lipinski definition) is 2. The normalized spacial score (nSPS) is 11.3. The number of imidazole rings is 1. The molecule has 3 nitrogen and oxygen atoms in total. The zero-order valence-electron chi connectivity index (χ0n) is 10.9. The zero-order chi connectivity index (χ0) is 13.1. The van der Waals surface area contributed by atoms with Crippen molar-refractivity contribution in [3.05, 3.63) is 30.1 Å². The van der Waals surface area contributed by atoms with E-state index in [1.54, 1.807) is 0 Å². The second-order valence-corrected chi connectivity index (χ2v) is 5.05. The summed E-state index contributed by atoms with van der Waals surface area (Å²) in [6, 6.07) is 8.15. The standard InChI is InChI=1S/C14H19N3S/c1-3-10(4-2)14-16-11-7-5-6-8-12(11)17(14)9-13(15)18/h5-8,10H,3-4,9H2,1-2H3,(H2,15,18). The van der Waals surface area contributed by atoms with E-state index in [0.717, 1.165) is 29.7 Å². The molecule has 0 radical (unpaired) electrons. The van der Waals surface area contributed by atoms with Gasteiger partial charge in [-0.05, 0) is 25.0 Å². The third-order valence-corrected chi connectivity index (χ3v) is 3.48. The van der Waals surface area contributed by atoms with Crippen LogP contribution in [0.3, 0.4) is 0 Å². The molecule has 0 unspecified atom stereocenters. The molecule has 18 heavy (non-hydrogen) atoms. The second-order valence-electron chi connectivity index (χ2n) is 4.52. The Morgan fingerprint density at radius 1 is 1.33 bits per heavy atom. The van der Waals surface area contributed by atoms with E-state index in [-0.39, 0.29) is 0 Å². The number of para-hydroxylation sites is 2. The topological polar surface area (TPSA) is 43.8 Å². The van der Waals surface area contributed by atoms with Crippen molar-refractivity contribution in [2.45, 2.75) is 39.2 Å². The molecule has 0 spiro atoms. The van der Waals surface area contributed by atoms with Crippen molar-refractivity contribution in [3.8, 4) is 0 Å². The molecule has 1 heterocycles. The first-order valence-corrected chi connectivity index (χ1v) is 6.81. The Morgan fingerprint density at radius 2 is 2.00 bits per heavy atom. The van der Waals surface area contributed by atoms with E-state index in [1.807, 2.05) is 18.2 Å². The molecule has 4 heteroatoms. The highest BCUT2D eigenvalue weighted by molar-refractivity contribution is 7.80. The third kappa shape index (κ3) is 2.38. The molecule has 96 valence electrons. The lowest BCUT2D eigenvalue weighted by Gasteiger charge is -2.14. The summed E-state index contributed by atoms with van der Waals surface area (Å²) in [5.74, 6) is 1.57. The van der Waals surface area contributed by atoms with Crippen molar-refractivity contribution < 1.29 is 0 Å². The molecule has 0 fully saturated rings. The molecular weight excluding hydrogens is 242 g/mol. The summed E-state index contributed by atoms with van der Waals surface area (Å²) in [7, 11) is 0. The van der Waals surface area contributed by atoms with Crippen molar-refractivity contribution in [1.82, 2.24) is 9.55 Å². The largest absolute Gasteiger partial charge is 0.392 e. The van der Waals surface area contributed by atoms with E-state index in [0.29, 0.717) is 17.5 Å². The van der Waals surface area contributed by atoms with Crippen molar-refractivity contribution >= 4 is 28.2 Å². The smallest absolute Gasteiger partial charge is 0.113 e. The van der Waals surface area contributed by atoms with Crippen LogP contribution in [0.4, 0.5) is 0 Å². The van der Waals surface area contributed by atoms with Crippen molar-refractivity contribution in [3.63, 3.8) is 0 Å². The predicted molar refractivity (Wildman–Crippen MR) is 79.8 cm³/mol. The average Bonchev–Trinajstić information content (AvgIpc) is 2.70. The summed E-state index contributed by atoms with van der Waals surface area (Å²) < 4.78 is 2.16. The van der Waals surface area contributed by atoms with E-state index >= 15 is 0 Å². The summed E-state index contributed by atoms with van der Waals surface area (Å²) in [5, 5.41) is 0. The van der Waals surface area contributed by atoms with Gasteiger partial charge in [0.2, 0.25) is 0 Å². The predicted octanol–water partition coefficient (Wildman–Crippen LogP) is 3.23. The Kier molecular flexibility index (Phi) is 3.97. The molecule has 0 aliphatic carbocycles. The maximum absolute atomic E-state index is 5.71. The SMILES string of the molecule is CCC(CC)c1nc2ccccc2n1CC(N)=S. The average molecular weight is 261 g/mol. The van der Waals surface area contributed by atoms with Gasteiger partial charge in [0.15, 0.2) is 0 Å². The molecular formula is C14H19N3S. The van der Waals surface area contributed by atoms with Crippen LogP contribution in [0.25, 0.3) is 11.0 Å². The minimum absolute atomic E-state index is 0.465. The van der Waals surface area contributed by atoms with Gasteiger partial charge >= 0.3 is 0 Å². The molecule has 0 aliphatic rings. The summed E-state index contributed by atoms with van der Waals surface area (Å²) in [6.07, 6.45) is 2.16. The number of thiocarbonyl (C=S) groups is 1. The first-order valence-electron chi connectivity index (χ1n) is 6.40. The fourth-order valence-corrected chi connectivity index (χ4v) is 2.51. The van der Waals surface area contributed by atoms with Crippen molar-refractivity contribution in [2.75, 3.05) is 0 Å². The summed E-state index contributed by atoms with van der Waals surface area (Å²) in [4.78, 5) is 5.26. The van der Waals surface area contributed by atoms with Crippen LogP contribution in [-0.4, -0.2) is 14.5 Å². The molecule has 0 atom stereocenters. The quantitative estimate of drug-likeness (QED) is 0.840. The maximum atomic E-state index is 5.71. The fourth-order valence-electron chi connectivity index (χ4n) is 2.38. The van der Waals surface area contributed by atoms with Crippen molar-refractivity contribution in [1.29, 1.82) is 0 Å². The molecule has 0 bridgehead atoms. The van der Waals surface area contributed by atoms with Gasteiger partial charge in [-0.15, -0.1) is 0 Å². The minimum atomic E-state index is 0.465. The number of fused-ring (bicyclic) bond motifs is 1. The lowest BCUT2D eigenvalue weighted by atomic mass is 10.0. The van der Waals surface area contributed by atoms with Crippen LogP contribution in [0.2, 0.25) is 0 Å². The molecule has 2 aromatic rings. The first kappa shape index (κ1) is 13.0. The Bertz CT molecular complexity index is 555. The Balaban J connectivity index is 2.59. The molecule has 2 rings (SSSR count). The van der Waals surface area contributed by atoms with Crippen LogP contribution in [0, 0.1) is 0 Å². The van der Waals surface area contributed by atoms with Gasteiger partial charge in [-0.1, -0.05) is 38.2 Å². The van der Waals surface area contributed by atoms with Crippen LogP contribution < -0.4 is 5.73 Å². The van der Waals surface area contributed by atoms with Gasteiger partial charge in [0.05, 0.1) is 22.6 Å². The number of rotatable bonds is 5. The fraction of sp³-hybridized carbons (Fsp3) is 0.429. The highest BCUT2D eigenvalue weighted by atomic mass is 32.1. The number of aromatic nitrogens is 2. The van der Waals surface area contributed by atoms with Crippen LogP contribution in [-0.2, 0) is 6.54 Å². The van der Waals surface area contributed by atoms with Gasteiger partial charge < -0.3 is 10.3 Å².